The van der Waals surface area contributed by atoms with Crippen LogP contribution in [0.5, 0.6) is 0 Å². The summed E-state index contributed by atoms with van der Waals surface area (Å²) in [6.07, 6.45) is -81.0. The predicted octanol–water partition coefficient (Wildman–Crippen LogP) is 10.1. The van der Waals surface area contributed by atoms with Gasteiger partial charge in [0.1, 0.15) is 16.8 Å². The molecule has 0 heterocycles. The summed E-state index contributed by atoms with van der Waals surface area (Å²) < 4.78 is 547. The Morgan fingerprint density at radius 3 is 0.670 bits per heavy atom. The van der Waals surface area contributed by atoms with Gasteiger partial charge in [-0.2, -0.15) is 171 Å². The van der Waals surface area contributed by atoms with Crippen LogP contribution in [0.2, 0.25) is 0 Å². The van der Waals surface area contributed by atoms with E-state index in [0.717, 1.165) is 27.7 Å². The van der Waals surface area contributed by atoms with E-state index in [1.165, 1.54) is 0 Å². The van der Waals surface area contributed by atoms with E-state index in [2.05, 4.69) is 37.9 Å². The molecule has 0 aromatic rings. The molecular weight excluding hydrogens is 1590 g/mol. The van der Waals surface area contributed by atoms with Crippen LogP contribution in [0, 0.1) is 0 Å². The van der Waals surface area contributed by atoms with Crippen LogP contribution in [0.15, 0.2) is 0 Å². The second kappa shape index (κ2) is 34.3. The zero-order chi connectivity index (χ0) is 78.9. The minimum atomic E-state index is -7.27. The molecule has 0 amide bonds. The molecule has 571 valence electrons. The van der Waals surface area contributed by atoms with Gasteiger partial charge in [-0.3, -0.25) is 0 Å². The van der Waals surface area contributed by atoms with E-state index < -0.39 is 222 Å². The van der Waals surface area contributed by atoms with Crippen LogP contribution < -0.4 is 108 Å². The summed E-state index contributed by atoms with van der Waals surface area (Å²) >= 11 is -18.9. The Bertz CT molecular complexity index is 2270. The average Bonchev–Trinajstić information content (AvgIpc) is 0.754. The molecule has 13 nitrogen and oxygen atoms in total. The van der Waals surface area contributed by atoms with Gasteiger partial charge in [0.05, 0.1) is 6.92 Å². The summed E-state index contributed by atoms with van der Waals surface area (Å²) in [4.78, 5) is 18.1. The summed E-state index contributed by atoms with van der Waals surface area (Å²) in [6.45, 7) is 0.647. The molecule has 97 heavy (non-hydrogen) atoms. The Labute approximate surface area is 618 Å². The maximum absolute atomic E-state index is 13.3. The molecule has 1 N–H and O–H groups in total. The fraction of sp³-hybridized carbons (Fsp3) is 0.950. The molecule has 0 fully saturated rings. The fourth-order valence-electron chi connectivity index (χ4n) is 4.48. The number of aliphatic carboxylic acids is 1. The van der Waals surface area contributed by atoms with Crippen molar-refractivity contribution in [2.75, 3.05) is 0 Å². The third-order valence-electron chi connectivity index (χ3n) is 11.2. The first-order chi connectivity index (χ1) is 40.1. The van der Waals surface area contributed by atoms with E-state index in [1.807, 2.05) is 0 Å². The predicted molar refractivity (Wildman–Crippen MR) is 234 cm³/mol. The van der Waals surface area contributed by atoms with Crippen LogP contribution in [-0.4, -0.2) is 192 Å². The molecule has 0 spiro atoms. The standard InChI is InChI=1S/5C4H3F6O.3C4H6F3O.C4H9O.2C2H4O2.3Al.2K/c5*1-2(11,3(5,6)7)4(8,9)10;3*1-3(2,8)4(5,6)7;1-4(2,3)5;2*1-2(3)4;;;;;/h5*1H3;3*1-2H3;1-3H3;2*1H3,(H,3,4);;;;;/q9*-1;;;+2;2*+3;2*+1/p-1. The van der Waals surface area contributed by atoms with Gasteiger partial charge in [0.15, 0.2) is 0 Å². The van der Waals surface area contributed by atoms with Gasteiger partial charge in [0, 0.05) is 11.6 Å². The number of rotatable bonds is 18. The topological polar surface area (TPSA) is 154 Å². The summed E-state index contributed by atoms with van der Waals surface area (Å²) in [5, 5.41) is 8.89. The number of hydrogen-bond donors (Lipinski definition) is 0. The molecule has 0 rings (SSSR count). The zero-order valence-corrected chi connectivity index (χ0v) is 61.5. The average molecular weight is 1640 g/mol. The first kappa shape index (κ1) is 109. The molecule has 0 aromatic carbocycles. The third kappa shape index (κ3) is 29.8. The smallest absolute Gasteiger partial charge is 0.632 e. The van der Waals surface area contributed by atoms with Gasteiger partial charge in [-0.25, -0.2) is 0 Å². The van der Waals surface area contributed by atoms with Crippen LogP contribution in [0.25, 0.3) is 0 Å². The minimum absolute atomic E-state index is 0. The molecule has 1 radical (unpaired) electrons. The SMILES string of the molecule is CC(=O)[O-].CC(=[OH+])[O][Al-]([O]C(C)(C)C(F)(F)F)([O]C(C)(C)C(F)(F)F)[O]C(C)(C(F)(F)F)C(F)(F)F.CC(C)(C)[O][Al]([O]C(C)(C(F)(F)F)C(F)(F)F)[O]C(C)(C(F)(F)F)C(F)(F)F.CC(C)([O][Al-]([O]C(C)(C(F)(F)F)C(F)(F)F)[O]C(C)(C(F)(F)F)C(F)(F)F)C(F)(F)F.[K+].[K+]. The van der Waals surface area contributed by atoms with Gasteiger partial charge in [0.25, 0.3) is 0 Å². The monoisotopic (exact) mass is 1640 g/mol. The summed E-state index contributed by atoms with van der Waals surface area (Å²) in [7, 11) is 0. The maximum Gasteiger partial charge on any atom is 1.16 e. The van der Waals surface area contributed by atoms with Gasteiger partial charge in [-0.05, 0) is 104 Å². The van der Waals surface area contributed by atoms with Crippen LogP contribution in [0.3, 0.4) is 0 Å². The summed E-state index contributed by atoms with van der Waals surface area (Å²) in [5.41, 5.74) is -39.9. The number of carbonyl (C=O) groups excluding carboxylic acids is 2. The van der Waals surface area contributed by atoms with Gasteiger partial charge < -0.3 is 52.6 Å². The van der Waals surface area contributed by atoms with Gasteiger partial charge >= 0.3 is 234 Å². The Morgan fingerprint density at radius 2 is 0.515 bits per heavy atom. The molecule has 57 heteroatoms. The van der Waals surface area contributed by atoms with Crippen molar-refractivity contribution in [3.63, 3.8) is 0 Å². The molecule has 0 bridgehead atoms. The molecule has 0 saturated heterocycles. The second-order valence-corrected chi connectivity index (χ2v) is 26.3. The van der Waals surface area contributed by atoms with Gasteiger partial charge in [-0.1, -0.05) is 0 Å². The second-order valence-electron chi connectivity index (χ2n) is 21.6. The van der Waals surface area contributed by atoms with Crippen molar-refractivity contribution in [3.8, 4) is 0 Å². The normalized spacial score (nSPS) is 15.2. The van der Waals surface area contributed by atoms with E-state index >= 15 is 0 Å². The molecular formula is C40H49Al3F39K2O13. The van der Waals surface area contributed by atoms with E-state index in [9.17, 15) is 176 Å². The molecule has 0 aliphatic carbocycles. The minimum Gasteiger partial charge on any atom is -0.632 e. The van der Waals surface area contributed by atoms with Crippen LogP contribution in [0.1, 0.15) is 111 Å². The van der Waals surface area contributed by atoms with Crippen molar-refractivity contribution < 1.29 is 327 Å². The van der Waals surface area contributed by atoms with E-state index in [0.29, 0.717) is 6.92 Å². The van der Waals surface area contributed by atoms with Gasteiger partial charge in [-0.15, -0.1) is 0 Å². The molecule has 0 aliphatic heterocycles. The maximum atomic E-state index is 13.3. The van der Waals surface area contributed by atoms with Crippen LogP contribution >= 0.6 is 0 Å². The van der Waals surface area contributed by atoms with E-state index in [-0.39, 0.29) is 144 Å². The molecule has 0 saturated carbocycles. The Morgan fingerprint density at radius 1 is 0.320 bits per heavy atom. The Kier molecular flexibility index (Phi) is 38.4. The third-order valence-corrected chi connectivity index (χ3v) is 18.7. The number of carboxylic acid groups (broad SMARTS) is 1. The van der Waals surface area contributed by atoms with Crippen molar-refractivity contribution in [2.45, 2.75) is 241 Å². The molecule has 0 aromatic heterocycles. The molecule has 0 unspecified atom stereocenters. The largest absolute Gasteiger partial charge is 1.16 e. The molecule has 0 aliphatic rings. The van der Waals surface area contributed by atoms with Crippen LogP contribution in [0.4, 0.5) is 171 Å². The van der Waals surface area contributed by atoms with Crippen molar-refractivity contribution in [2.24, 2.45) is 0 Å². The summed E-state index contributed by atoms with van der Waals surface area (Å²) in [6, 6.07) is 0. The van der Waals surface area contributed by atoms with Gasteiger partial charge in [0.2, 0.25) is 28.0 Å². The number of alkyl halides is 39. The number of hydrogen-bond acceptors (Lipinski definition) is 12. The van der Waals surface area contributed by atoms with Crippen LogP contribution in [-0.2, 0) is 42.7 Å². The first-order valence-corrected chi connectivity index (χ1v) is 28.4. The van der Waals surface area contributed by atoms with Crippen molar-refractivity contribution in [1.29, 1.82) is 0 Å². The fourth-order valence-corrected chi connectivity index (χ4v) is 11.8. The number of carboxylic acids is 1. The van der Waals surface area contributed by atoms with E-state index in [4.69, 9.17) is 9.90 Å². The Balaban J connectivity index is -0.000000308. The van der Waals surface area contributed by atoms with E-state index in [1.54, 1.807) is 0 Å². The zero-order valence-electron chi connectivity index (χ0n) is 51.8. The molecule has 0 atom stereocenters. The van der Waals surface area contributed by atoms with Crippen molar-refractivity contribution in [3.05, 3.63) is 0 Å². The van der Waals surface area contributed by atoms with Crippen molar-refractivity contribution >= 4 is 56.6 Å². The quantitative estimate of drug-likeness (QED) is 0.0729. The summed E-state index contributed by atoms with van der Waals surface area (Å²) in [5.74, 6) is -2.77. The Hall–Kier alpha value is 0.720. The number of carbonyl (C=O) groups is 1. The first-order valence-electron chi connectivity index (χ1n) is 23.7. The van der Waals surface area contributed by atoms with Crippen molar-refractivity contribution in [1.82, 2.24) is 0 Å². The number of halogens is 39.